The van der Waals surface area contributed by atoms with Crippen LogP contribution in [0.3, 0.4) is 0 Å². The first-order valence-electron chi connectivity index (χ1n) is 5.47. The Hall–Kier alpha value is -0.177. The molecule has 15 heavy (non-hydrogen) atoms. The third-order valence-electron chi connectivity index (χ3n) is 2.25. The van der Waals surface area contributed by atoms with Crippen molar-refractivity contribution in [3.8, 4) is 0 Å². The predicted molar refractivity (Wildman–Crippen MR) is 53.7 cm³/mol. The molecule has 0 amide bonds. The SMILES string of the molecule is CCC(=O)[O][Zr]([CH2]C)([CH2]C)[O]C(=O)CC. The molecule has 0 N–H and O–H groups in total. The summed E-state index contributed by atoms with van der Waals surface area (Å²) in [6, 6.07) is 0. The van der Waals surface area contributed by atoms with Gasteiger partial charge in [0.15, 0.2) is 0 Å². The summed E-state index contributed by atoms with van der Waals surface area (Å²) in [4.78, 5) is 22.5. The molecule has 88 valence electrons. The zero-order valence-corrected chi connectivity index (χ0v) is 12.4. The second kappa shape index (κ2) is 7.16. The monoisotopic (exact) mass is 294 g/mol. The van der Waals surface area contributed by atoms with Crippen molar-refractivity contribution in [3.63, 3.8) is 0 Å². The van der Waals surface area contributed by atoms with Crippen LogP contribution in [0.15, 0.2) is 0 Å². The van der Waals surface area contributed by atoms with Crippen molar-refractivity contribution in [3.05, 3.63) is 0 Å². The van der Waals surface area contributed by atoms with Crippen LogP contribution in [0.5, 0.6) is 0 Å². The van der Waals surface area contributed by atoms with Crippen molar-refractivity contribution >= 4 is 11.9 Å². The molecule has 0 spiro atoms. The fourth-order valence-electron chi connectivity index (χ4n) is 1.12. The average Bonchev–Trinajstić information content (AvgIpc) is 2.27. The van der Waals surface area contributed by atoms with Gasteiger partial charge in [0.2, 0.25) is 0 Å². The molecule has 0 unspecified atom stereocenters. The third-order valence-corrected chi connectivity index (χ3v) is 10.5. The maximum atomic E-state index is 11.3. The summed E-state index contributed by atoms with van der Waals surface area (Å²) in [7, 11) is 0. The van der Waals surface area contributed by atoms with Crippen LogP contribution in [0, 0.1) is 0 Å². The number of hydrogen-bond acceptors (Lipinski definition) is 4. The Kier molecular flexibility index (Phi) is 7.07. The van der Waals surface area contributed by atoms with Crippen LogP contribution in [-0.4, -0.2) is 11.9 Å². The van der Waals surface area contributed by atoms with Gasteiger partial charge in [0.05, 0.1) is 0 Å². The molecule has 0 fully saturated rings. The quantitative estimate of drug-likeness (QED) is 0.756. The first kappa shape index (κ1) is 14.8. The Balaban J connectivity index is 4.56. The molecule has 0 atom stereocenters. The van der Waals surface area contributed by atoms with E-state index in [0.29, 0.717) is 21.1 Å². The number of carbonyl (C=O) groups excluding carboxylic acids is 2. The van der Waals surface area contributed by atoms with Crippen molar-refractivity contribution in [2.45, 2.75) is 48.8 Å². The van der Waals surface area contributed by atoms with Crippen molar-refractivity contribution < 1.29 is 36.4 Å². The van der Waals surface area contributed by atoms with E-state index in [4.69, 9.17) is 5.63 Å². The van der Waals surface area contributed by atoms with Gasteiger partial charge in [0.1, 0.15) is 0 Å². The third kappa shape index (κ3) is 4.92. The van der Waals surface area contributed by atoms with E-state index in [1.807, 2.05) is 13.8 Å². The van der Waals surface area contributed by atoms with Crippen molar-refractivity contribution in [2.24, 2.45) is 0 Å². The molecule has 0 aliphatic heterocycles. The van der Waals surface area contributed by atoms with E-state index in [-0.39, 0.29) is 11.9 Å². The van der Waals surface area contributed by atoms with E-state index in [1.165, 1.54) is 0 Å². The van der Waals surface area contributed by atoms with E-state index in [0.717, 1.165) is 0 Å². The molecule has 0 rings (SSSR count). The van der Waals surface area contributed by atoms with Gasteiger partial charge in [-0.15, -0.1) is 0 Å². The summed E-state index contributed by atoms with van der Waals surface area (Å²) >= 11 is -3.40. The van der Waals surface area contributed by atoms with Crippen LogP contribution in [0.25, 0.3) is 0 Å². The first-order chi connectivity index (χ1) is 7.03. The number of carbonyl (C=O) groups is 2. The topological polar surface area (TPSA) is 52.6 Å². The maximum absolute atomic E-state index is 11.3. The Morgan fingerprint density at radius 2 is 1.20 bits per heavy atom. The molecule has 0 aliphatic carbocycles. The Morgan fingerprint density at radius 1 is 0.867 bits per heavy atom. The minimum absolute atomic E-state index is 0.251. The van der Waals surface area contributed by atoms with Crippen LogP contribution >= 0.6 is 0 Å². The van der Waals surface area contributed by atoms with Crippen molar-refractivity contribution in [1.82, 2.24) is 0 Å². The summed E-state index contributed by atoms with van der Waals surface area (Å²) in [5, 5.41) is 0. The fourth-order valence-corrected chi connectivity index (χ4v) is 6.62. The Morgan fingerprint density at radius 3 is 1.40 bits per heavy atom. The Labute approximate surface area is 97.0 Å². The van der Waals surface area contributed by atoms with Gasteiger partial charge in [-0.2, -0.15) is 0 Å². The molecular weight excluding hydrogens is 275 g/mol. The molecule has 4 nitrogen and oxygen atoms in total. The van der Waals surface area contributed by atoms with E-state index in [9.17, 15) is 9.59 Å². The van der Waals surface area contributed by atoms with Gasteiger partial charge in [-0.1, -0.05) is 0 Å². The van der Waals surface area contributed by atoms with Crippen LogP contribution in [0.1, 0.15) is 40.5 Å². The molecule has 0 radical (unpaired) electrons. The zero-order valence-electron chi connectivity index (χ0n) is 9.96. The second-order valence-electron chi connectivity index (χ2n) is 3.27. The minimum atomic E-state index is -3.40. The predicted octanol–water partition coefficient (Wildman–Crippen LogP) is 2.75. The van der Waals surface area contributed by atoms with Crippen LogP contribution in [0.2, 0.25) is 8.26 Å². The second-order valence-corrected chi connectivity index (χ2v) is 12.2. The van der Waals surface area contributed by atoms with Gasteiger partial charge in [0, 0.05) is 0 Å². The fraction of sp³-hybridized carbons (Fsp3) is 0.800. The van der Waals surface area contributed by atoms with E-state index >= 15 is 0 Å². The van der Waals surface area contributed by atoms with Gasteiger partial charge in [-0.05, 0) is 0 Å². The molecule has 0 aromatic heterocycles. The van der Waals surface area contributed by atoms with Gasteiger partial charge >= 0.3 is 97.1 Å². The summed E-state index contributed by atoms with van der Waals surface area (Å²) in [5.74, 6) is -0.503. The summed E-state index contributed by atoms with van der Waals surface area (Å²) in [5.41, 5.74) is 0. The molecular formula is C10H20O4Zr. The zero-order chi connectivity index (χ0) is 11.9. The van der Waals surface area contributed by atoms with Gasteiger partial charge in [0.25, 0.3) is 0 Å². The molecule has 5 heteroatoms. The van der Waals surface area contributed by atoms with E-state index in [1.54, 1.807) is 13.8 Å². The van der Waals surface area contributed by atoms with Crippen LogP contribution < -0.4 is 0 Å². The molecule has 0 aliphatic rings. The Bertz CT molecular complexity index is 203. The van der Waals surface area contributed by atoms with Crippen molar-refractivity contribution in [1.29, 1.82) is 0 Å². The van der Waals surface area contributed by atoms with Gasteiger partial charge in [-0.3, -0.25) is 0 Å². The average molecular weight is 295 g/mol. The van der Waals surface area contributed by atoms with E-state index in [2.05, 4.69) is 0 Å². The molecule has 0 saturated carbocycles. The summed E-state index contributed by atoms with van der Waals surface area (Å²) < 4.78 is 12.1. The van der Waals surface area contributed by atoms with E-state index < -0.39 is 21.1 Å². The molecule has 0 heterocycles. The first-order valence-corrected chi connectivity index (χ1v) is 11.0. The van der Waals surface area contributed by atoms with Gasteiger partial charge < -0.3 is 0 Å². The van der Waals surface area contributed by atoms with Crippen LogP contribution in [-0.2, 0) is 36.4 Å². The summed E-state index contributed by atoms with van der Waals surface area (Å²) in [6.07, 6.45) is 0.671. The van der Waals surface area contributed by atoms with Crippen LogP contribution in [0.4, 0.5) is 0 Å². The molecule has 0 aromatic carbocycles. The summed E-state index contributed by atoms with van der Waals surface area (Å²) in [6.45, 7) is 7.33. The number of hydrogen-bond donors (Lipinski definition) is 0. The molecule has 0 saturated heterocycles. The number of rotatable bonds is 6. The van der Waals surface area contributed by atoms with Gasteiger partial charge in [-0.25, -0.2) is 0 Å². The normalized spacial score (nSPS) is 10.9. The standard InChI is InChI=1S/2C3H6O2.2C2H5.Zr/c2*1-2-3(4)5;2*1-2;/h2*2H2,1H3,(H,4,5);2*1H2,2H3;/q;;;;+2/p-2. The molecule has 0 bridgehead atoms. The van der Waals surface area contributed by atoms with Crippen molar-refractivity contribution in [2.75, 3.05) is 0 Å². The molecule has 0 aromatic rings.